The molecule has 6 heterocycles. The quantitative estimate of drug-likeness (QED) is 0.212. The minimum atomic E-state index is -0.660. The third kappa shape index (κ3) is 8.53. The van der Waals surface area contributed by atoms with Crippen LogP contribution in [0.15, 0.2) is 102 Å². The predicted octanol–water partition coefficient (Wildman–Crippen LogP) is 2.24. The number of nitrogens with one attached hydrogen (secondary N) is 1. The molecule has 0 aliphatic heterocycles. The van der Waals surface area contributed by atoms with Crippen molar-refractivity contribution in [3.8, 4) is 11.5 Å². The minimum absolute atomic E-state index is 0.0171. The predicted molar refractivity (Wildman–Crippen MR) is 217 cm³/mol. The van der Waals surface area contributed by atoms with Crippen molar-refractivity contribution in [2.24, 2.45) is 14.1 Å². The number of nitrogens with zero attached hydrogens (tertiary/aromatic N) is 11. The van der Waals surface area contributed by atoms with Crippen LogP contribution in [-0.2, 0) is 27.2 Å². The van der Waals surface area contributed by atoms with E-state index in [1.54, 1.807) is 37.4 Å². The summed E-state index contributed by atoms with van der Waals surface area (Å²) >= 11 is 0. The van der Waals surface area contributed by atoms with E-state index in [0.29, 0.717) is 34.2 Å². The largest absolute Gasteiger partial charge is 0.497 e. The highest BCUT2D eigenvalue weighted by Crippen LogP contribution is 2.44. The number of hydrogen-bond donors (Lipinski definition) is 2. The SMILES string of the molecule is COc1ccc(C2CC(O)C2)cc1.COc1ccc(C2CC(n3nc(Cn4cnc5ncn(C)c5c4=O)oc3=O)C2)cc1.Cn1cnc2ncn(Cc3n[nH]c(=O)o3)c(=O)c21. The van der Waals surface area contributed by atoms with Crippen LogP contribution in [0.1, 0.15) is 66.5 Å². The first kappa shape index (κ1) is 40.4. The van der Waals surface area contributed by atoms with E-state index in [1.165, 1.54) is 50.3 Å². The molecule has 0 unspecified atom stereocenters. The third-order valence-electron chi connectivity index (χ3n) is 10.9. The first-order valence-electron chi connectivity index (χ1n) is 19.3. The molecule has 2 aliphatic rings. The Morgan fingerprint density at radius 1 is 0.672 bits per heavy atom. The van der Waals surface area contributed by atoms with E-state index in [9.17, 15) is 19.2 Å². The van der Waals surface area contributed by atoms with Gasteiger partial charge in [0, 0.05) is 14.1 Å². The lowest BCUT2D eigenvalue weighted by Gasteiger charge is -2.34. The van der Waals surface area contributed by atoms with Crippen molar-refractivity contribution < 1.29 is 23.4 Å². The van der Waals surface area contributed by atoms with Crippen LogP contribution in [0.3, 0.4) is 0 Å². The Balaban J connectivity index is 0.000000140. The Bertz CT molecular complexity index is 3010. The van der Waals surface area contributed by atoms with E-state index in [0.717, 1.165) is 37.2 Å². The van der Waals surface area contributed by atoms with Gasteiger partial charge in [0.25, 0.3) is 11.1 Å². The van der Waals surface area contributed by atoms with E-state index >= 15 is 0 Å². The average Bonchev–Trinajstić information content (AvgIpc) is 4.03. The van der Waals surface area contributed by atoms with Crippen LogP contribution in [0, 0.1) is 0 Å². The van der Waals surface area contributed by atoms with Crippen LogP contribution in [0.4, 0.5) is 0 Å². The number of rotatable bonds is 9. The van der Waals surface area contributed by atoms with Crippen molar-refractivity contribution in [1.82, 2.24) is 58.2 Å². The zero-order chi connectivity index (χ0) is 42.8. The topological polar surface area (TPSA) is 251 Å². The number of aliphatic hydroxyl groups is 1. The maximum absolute atomic E-state index is 12.7. The molecule has 0 atom stereocenters. The van der Waals surface area contributed by atoms with Gasteiger partial charge >= 0.3 is 11.5 Å². The van der Waals surface area contributed by atoms with Gasteiger partial charge in [0.1, 0.15) is 37.2 Å². The normalized spacial score (nSPS) is 18.0. The second-order valence-corrected chi connectivity index (χ2v) is 14.8. The molecule has 2 saturated carbocycles. The summed E-state index contributed by atoms with van der Waals surface area (Å²) < 4.78 is 27.5. The van der Waals surface area contributed by atoms with E-state index in [4.69, 9.17) is 23.4 Å². The van der Waals surface area contributed by atoms with Crippen molar-refractivity contribution in [2.45, 2.75) is 62.8 Å². The summed E-state index contributed by atoms with van der Waals surface area (Å²) in [7, 11) is 6.74. The minimum Gasteiger partial charge on any atom is -0.497 e. The third-order valence-corrected chi connectivity index (χ3v) is 10.9. The van der Waals surface area contributed by atoms with Crippen molar-refractivity contribution in [1.29, 1.82) is 0 Å². The number of H-pyrrole nitrogens is 1. The smallest absolute Gasteiger partial charge is 0.437 e. The number of aliphatic hydroxyl groups excluding tert-OH is 1. The summed E-state index contributed by atoms with van der Waals surface area (Å²) in [5.41, 5.74) is 3.52. The summed E-state index contributed by atoms with van der Waals surface area (Å²) in [6.45, 7) is 0.0650. The fraction of sp³-hybridized carbons (Fsp3) is 0.350. The number of methoxy groups -OCH3 is 2. The molecule has 61 heavy (non-hydrogen) atoms. The maximum atomic E-state index is 12.7. The second-order valence-electron chi connectivity index (χ2n) is 14.8. The molecule has 0 radical (unpaired) electrons. The molecule has 0 spiro atoms. The Kier molecular flexibility index (Phi) is 11.3. The van der Waals surface area contributed by atoms with Gasteiger partial charge in [-0.1, -0.05) is 24.3 Å². The Morgan fingerprint density at radius 2 is 1.15 bits per heavy atom. The highest BCUT2D eigenvalue weighted by molar-refractivity contribution is 5.69. The number of hydrogen-bond acceptors (Lipinski definition) is 15. The second kappa shape index (κ2) is 17.0. The number of aryl methyl sites for hydroxylation is 2. The van der Waals surface area contributed by atoms with Gasteiger partial charge in [-0.2, -0.15) is 4.68 Å². The molecular formula is C40H42N12O9. The molecule has 2 aromatic carbocycles. The van der Waals surface area contributed by atoms with Gasteiger partial charge in [-0.15, -0.1) is 10.2 Å². The fourth-order valence-electron chi connectivity index (χ4n) is 7.28. The van der Waals surface area contributed by atoms with Gasteiger partial charge in [-0.25, -0.2) is 34.6 Å². The highest BCUT2D eigenvalue weighted by Gasteiger charge is 2.34. The average molecular weight is 835 g/mol. The van der Waals surface area contributed by atoms with Gasteiger partial charge in [-0.3, -0.25) is 18.7 Å². The number of benzene rings is 2. The van der Waals surface area contributed by atoms with Crippen LogP contribution in [0.5, 0.6) is 11.5 Å². The molecule has 10 rings (SSSR count). The van der Waals surface area contributed by atoms with Crippen LogP contribution in [0.2, 0.25) is 0 Å². The van der Waals surface area contributed by atoms with Crippen molar-refractivity contribution in [3.63, 3.8) is 0 Å². The molecule has 8 aromatic rings. The molecule has 2 N–H and O–H groups in total. The molecule has 316 valence electrons. The number of imidazole rings is 2. The fourth-order valence-corrected chi connectivity index (χ4v) is 7.28. The Morgan fingerprint density at radius 3 is 1.61 bits per heavy atom. The van der Waals surface area contributed by atoms with E-state index in [2.05, 4.69) is 47.4 Å². The first-order valence-corrected chi connectivity index (χ1v) is 19.3. The zero-order valence-corrected chi connectivity index (χ0v) is 33.6. The van der Waals surface area contributed by atoms with Gasteiger partial charge in [0.15, 0.2) is 22.3 Å². The standard InChI is InChI=1S/C20H20N6O4.C11H14O2.C9H8N6O3/c1-24-10-21-18-17(24)19(27)25(11-22-18)9-16-23-26(20(28)30-16)14-7-13(8-14)12-3-5-15(29-2)6-4-12;1-13-11-4-2-8(3-5-11)9-6-10(12)7-9;1-14-3-10-7-6(14)8(16)15(4-11-7)2-5-12-13-9(17)18-5/h3-6,10-11,13-14H,7-9H2,1-2H3;2-5,9-10,12H,6-7H2,1H3;3-4H,2H2,1H3,(H,13,17). The molecule has 21 heteroatoms. The summed E-state index contributed by atoms with van der Waals surface area (Å²) in [6, 6.07) is 16.1. The van der Waals surface area contributed by atoms with Gasteiger partial charge in [0.2, 0.25) is 11.8 Å². The van der Waals surface area contributed by atoms with E-state index < -0.39 is 11.5 Å². The molecule has 0 amide bonds. The van der Waals surface area contributed by atoms with Crippen LogP contribution in [0.25, 0.3) is 22.3 Å². The highest BCUT2D eigenvalue weighted by atomic mass is 16.5. The van der Waals surface area contributed by atoms with Crippen LogP contribution < -0.4 is 32.1 Å². The number of aromatic amines is 1. The maximum Gasteiger partial charge on any atom is 0.437 e. The lowest BCUT2D eigenvalue weighted by Crippen LogP contribution is -2.31. The van der Waals surface area contributed by atoms with Gasteiger partial charge in [-0.05, 0) is 72.9 Å². The summed E-state index contributed by atoms with van der Waals surface area (Å²) in [5.74, 6) is 1.76. The van der Waals surface area contributed by atoms with Crippen molar-refractivity contribution >= 4 is 22.3 Å². The molecule has 6 aromatic heterocycles. The van der Waals surface area contributed by atoms with Crippen molar-refractivity contribution in [3.05, 3.63) is 139 Å². The van der Waals surface area contributed by atoms with Crippen LogP contribution >= 0.6 is 0 Å². The summed E-state index contributed by atoms with van der Waals surface area (Å²) in [5, 5.41) is 19.2. The lowest BCUT2D eigenvalue weighted by atomic mass is 9.76. The van der Waals surface area contributed by atoms with Gasteiger partial charge in [0.05, 0.1) is 39.0 Å². The number of ether oxygens (including phenoxy) is 2. The van der Waals surface area contributed by atoms with E-state index in [1.807, 2.05) is 36.4 Å². The van der Waals surface area contributed by atoms with Crippen molar-refractivity contribution in [2.75, 3.05) is 14.2 Å². The molecule has 2 aliphatic carbocycles. The summed E-state index contributed by atoms with van der Waals surface area (Å²) in [4.78, 5) is 64.1. The molecular weight excluding hydrogens is 793 g/mol. The number of aromatic nitrogens is 12. The van der Waals surface area contributed by atoms with E-state index in [-0.39, 0.29) is 48.1 Å². The van der Waals surface area contributed by atoms with Gasteiger partial charge < -0.3 is 32.5 Å². The molecule has 0 bridgehead atoms. The monoisotopic (exact) mass is 834 g/mol. The molecule has 0 saturated heterocycles. The Labute approximate surface area is 344 Å². The van der Waals surface area contributed by atoms with Crippen LogP contribution in [-0.4, -0.2) is 83.6 Å². The molecule has 21 nitrogen and oxygen atoms in total. The zero-order valence-electron chi connectivity index (χ0n) is 33.6. The first-order chi connectivity index (χ1) is 29.5. The number of fused-ring (bicyclic) bond motifs is 2. The molecule has 2 fully saturated rings. The summed E-state index contributed by atoms with van der Waals surface area (Å²) in [6.07, 6.45) is 9.13. The Hall–Kier alpha value is -7.42. The lowest BCUT2D eigenvalue weighted by molar-refractivity contribution is 0.0746.